The molecule has 0 saturated carbocycles. The van der Waals surface area contributed by atoms with Crippen LogP contribution in [0.4, 0.5) is 4.79 Å². The van der Waals surface area contributed by atoms with Gasteiger partial charge in [0.05, 0.1) is 6.04 Å². The molecule has 0 aliphatic carbocycles. The minimum absolute atomic E-state index is 0.297. The van der Waals surface area contributed by atoms with E-state index in [1.165, 1.54) is 4.90 Å². The summed E-state index contributed by atoms with van der Waals surface area (Å²) in [5.74, 6) is 0. The van der Waals surface area contributed by atoms with E-state index in [0.29, 0.717) is 6.54 Å². The van der Waals surface area contributed by atoms with Gasteiger partial charge >= 0.3 is 6.09 Å². The van der Waals surface area contributed by atoms with Crippen molar-refractivity contribution < 1.29 is 14.3 Å². The highest BCUT2D eigenvalue weighted by molar-refractivity contribution is 5.74. The van der Waals surface area contributed by atoms with Gasteiger partial charge in [0.25, 0.3) is 0 Å². The molecule has 0 bridgehead atoms. The van der Waals surface area contributed by atoms with Gasteiger partial charge in [-0.25, -0.2) is 4.79 Å². The Kier molecular flexibility index (Phi) is 5.17. The first-order chi connectivity index (χ1) is 7.53. The fourth-order valence-electron chi connectivity index (χ4n) is 1.51. The van der Waals surface area contributed by atoms with Gasteiger partial charge < -0.3 is 9.53 Å². The molecule has 1 atom stereocenters. The predicted molar refractivity (Wildman–Crippen MR) is 67.9 cm³/mol. The third-order valence-corrected chi connectivity index (χ3v) is 2.32. The molecule has 17 heavy (non-hydrogen) atoms. The van der Waals surface area contributed by atoms with Crippen LogP contribution in [-0.4, -0.2) is 35.5 Å². The fraction of sp³-hybridized carbons (Fsp3) is 0.846. The molecule has 0 saturated heterocycles. The van der Waals surface area contributed by atoms with Crippen molar-refractivity contribution in [1.82, 2.24) is 4.90 Å². The molecular formula is C13H25NO3. The summed E-state index contributed by atoms with van der Waals surface area (Å²) in [6.45, 7) is 13.5. The highest BCUT2D eigenvalue weighted by Gasteiger charge is 2.34. The van der Waals surface area contributed by atoms with Gasteiger partial charge in [0.15, 0.2) is 0 Å². The maximum Gasteiger partial charge on any atom is 0.410 e. The first-order valence-corrected chi connectivity index (χ1v) is 5.98. The third-order valence-electron chi connectivity index (χ3n) is 2.32. The van der Waals surface area contributed by atoms with E-state index in [1.807, 2.05) is 48.5 Å². The minimum Gasteiger partial charge on any atom is -0.444 e. The van der Waals surface area contributed by atoms with Crippen molar-refractivity contribution in [2.45, 2.75) is 60.1 Å². The van der Waals surface area contributed by atoms with Crippen LogP contribution >= 0.6 is 0 Å². The lowest BCUT2D eigenvalue weighted by molar-refractivity contribution is -0.115. The van der Waals surface area contributed by atoms with Gasteiger partial charge in [-0.2, -0.15) is 0 Å². The summed E-state index contributed by atoms with van der Waals surface area (Å²) in [5, 5.41) is 0. The van der Waals surface area contributed by atoms with E-state index in [-0.39, 0.29) is 5.41 Å². The van der Waals surface area contributed by atoms with Crippen molar-refractivity contribution in [1.29, 1.82) is 0 Å². The molecule has 0 aliphatic rings. The molecule has 0 spiro atoms. The summed E-state index contributed by atoms with van der Waals surface area (Å²) >= 11 is 0. The lowest BCUT2D eigenvalue weighted by Crippen LogP contribution is -2.49. The second-order valence-electron chi connectivity index (χ2n) is 6.21. The van der Waals surface area contributed by atoms with E-state index >= 15 is 0 Å². The normalized spacial score (nSPS) is 14.1. The summed E-state index contributed by atoms with van der Waals surface area (Å²) in [6.07, 6.45) is 0.375. The number of rotatable bonds is 3. The molecule has 1 amide bonds. The van der Waals surface area contributed by atoms with Gasteiger partial charge in [-0.05, 0) is 33.1 Å². The van der Waals surface area contributed by atoms with Crippen LogP contribution in [0.2, 0.25) is 0 Å². The van der Waals surface area contributed by atoms with Crippen molar-refractivity contribution in [3.63, 3.8) is 0 Å². The number of hydrogen-bond acceptors (Lipinski definition) is 3. The Balaban J connectivity index is 4.94. The maximum absolute atomic E-state index is 12.0. The summed E-state index contributed by atoms with van der Waals surface area (Å²) < 4.78 is 5.30. The Hall–Kier alpha value is -1.06. The molecule has 0 fully saturated rings. The number of aldehydes is 1. The van der Waals surface area contributed by atoms with Crippen molar-refractivity contribution >= 4 is 12.4 Å². The molecule has 100 valence electrons. The van der Waals surface area contributed by atoms with Gasteiger partial charge in [-0.3, -0.25) is 4.90 Å². The Morgan fingerprint density at radius 1 is 1.24 bits per heavy atom. The average Bonchev–Trinajstić information content (AvgIpc) is 2.08. The summed E-state index contributed by atoms with van der Waals surface area (Å²) in [6, 6.07) is -0.470. The zero-order chi connectivity index (χ0) is 13.9. The van der Waals surface area contributed by atoms with E-state index in [0.717, 1.165) is 6.29 Å². The Bertz CT molecular complexity index is 273. The molecule has 0 aromatic heterocycles. The van der Waals surface area contributed by atoms with Gasteiger partial charge in [-0.1, -0.05) is 20.8 Å². The molecule has 0 heterocycles. The van der Waals surface area contributed by atoms with Crippen LogP contribution in [0.25, 0.3) is 0 Å². The molecule has 0 N–H and O–H groups in total. The number of carbonyl (C=O) groups excluding carboxylic acids is 2. The van der Waals surface area contributed by atoms with Crippen LogP contribution in [0.1, 0.15) is 48.5 Å². The quantitative estimate of drug-likeness (QED) is 0.716. The number of nitrogens with zero attached hydrogens (tertiary/aromatic N) is 1. The highest BCUT2D eigenvalue weighted by atomic mass is 16.6. The maximum atomic E-state index is 12.0. The van der Waals surface area contributed by atoms with Crippen LogP contribution < -0.4 is 0 Å². The zero-order valence-electron chi connectivity index (χ0n) is 12.0. The van der Waals surface area contributed by atoms with E-state index in [4.69, 9.17) is 4.74 Å². The molecule has 0 aromatic carbocycles. The lowest BCUT2D eigenvalue weighted by atomic mass is 9.86. The van der Waals surface area contributed by atoms with Crippen molar-refractivity contribution in [3.05, 3.63) is 0 Å². The van der Waals surface area contributed by atoms with E-state index in [9.17, 15) is 9.59 Å². The fourth-order valence-corrected chi connectivity index (χ4v) is 1.51. The third kappa shape index (κ3) is 5.20. The molecule has 4 nitrogen and oxygen atoms in total. The minimum atomic E-state index is -0.546. The van der Waals surface area contributed by atoms with E-state index in [1.54, 1.807) is 0 Å². The molecular weight excluding hydrogens is 218 g/mol. The monoisotopic (exact) mass is 243 g/mol. The number of carbonyl (C=O) groups is 2. The second kappa shape index (κ2) is 5.52. The van der Waals surface area contributed by atoms with Crippen LogP contribution in [0.3, 0.4) is 0 Å². The number of ether oxygens (including phenoxy) is 1. The second-order valence-corrected chi connectivity index (χ2v) is 6.21. The van der Waals surface area contributed by atoms with Gasteiger partial charge in [0.2, 0.25) is 0 Å². The van der Waals surface area contributed by atoms with Crippen LogP contribution in [0.5, 0.6) is 0 Å². The standard InChI is InChI=1S/C13H25NO3/c1-8-14(10(9-15)12(2,3)4)11(16)17-13(5,6)7/h9-10H,8H2,1-7H3. The van der Waals surface area contributed by atoms with Gasteiger partial charge in [-0.15, -0.1) is 0 Å². The molecule has 0 aliphatic heterocycles. The lowest BCUT2D eigenvalue weighted by Gasteiger charge is -2.36. The average molecular weight is 243 g/mol. The predicted octanol–water partition coefficient (Wildman–Crippen LogP) is 2.86. The molecule has 0 rings (SSSR count). The van der Waals surface area contributed by atoms with E-state index < -0.39 is 17.7 Å². The summed E-state index contributed by atoms with van der Waals surface area (Å²) in [5.41, 5.74) is -0.843. The number of amides is 1. The zero-order valence-corrected chi connectivity index (χ0v) is 12.0. The van der Waals surface area contributed by atoms with Crippen molar-refractivity contribution in [2.75, 3.05) is 6.54 Å². The highest BCUT2D eigenvalue weighted by Crippen LogP contribution is 2.24. The van der Waals surface area contributed by atoms with Crippen LogP contribution in [0, 0.1) is 5.41 Å². The van der Waals surface area contributed by atoms with Crippen LogP contribution in [0.15, 0.2) is 0 Å². The molecule has 4 heteroatoms. The van der Waals surface area contributed by atoms with Crippen molar-refractivity contribution in [2.24, 2.45) is 5.41 Å². The Morgan fingerprint density at radius 3 is 1.94 bits per heavy atom. The molecule has 0 aromatic rings. The van der Waals surface area contributed by atoms with Crippen LogP contribution in [-0.2, 0) is 9.53 Å². The summed E-state index contributed by atoms with van der Waals surface area (Å²) in [4.78, 5) is 24.6. The van der Waals surface area contributed by atoms with Crippen molar-refractivity contribution in [3.8, 4) is 0 Å². The van der Waals surface area contributed by atoms with Gasteiger partial charge in [0, 0.05) is 6.54 Å². The van der Waals surface area contributed by atoms with Gasteiger partial charge in [0.1, 0.15) is 11.9 Å². The first kappa shape index (κ1) is 15.9. The first-order valence-electron chi connectivity index (χ1n) is 5.98. The molecule has 0 radical (unpaired) electrons. The largest absolute Gasteiger partial charge is 0.444 e. The summed E-state index contributed by atoms with van der Waals surface area (Å²) in [7, 11) is 0. The number of hydrogen-bond donors (Lipinski definition) is 0. The smallest absolute Gasteiger partial charge is 0.410 e. The topological polar surface area (TPSA) is 46.6 Å². The molecule has 1 unspecified atom stereocenters. The SMILES string of the molecule is CCN(C(=O)OC(C)(C)C)C(C=O)C(C)(C)C. The Morgan fingerprint density at radius 2 is 1.71 bits per heavy atom. The Labute approximate surface area is 104 Å². The number of likely N-dealkylation sites (N-methyl/N-ethyl adjacent to an activating group) is 1. The van der Waals surface area contributed by atoms with E-state index in [2.05, 4.69) is 0 Å².